The summed E-state index contributed by atoms with van der Waals surface area (Å²) >= 11 is 0. The molecule has 1 aromatic heterocycles. The molecule has 2 fully saturated rings. The maximum absolute atomic E-state index is 12.6. The minimum absolute atomic E-state index is 0.121. The van der Waals surface area contributed by atoms with Gasteiger partial charge in [-0.25, -0.2) is 4.98 Å². The normalized spacial score (nSPS) is 20.0. The van der Waals surface area contributed by atoms with Crippen molar-refractivity contribution < 1.29 is 9.53 Å². The number of carbonyl (C=O) groups is 1. The van der Waals surface area contributed by atoms with Gasteiger partial charge in [-0.1, -0.05) is 0 Å². The number of hydrogen-bond acceptors (Lipinski definition) is 4. The molecule has 0 aliphatic carbocycles. The summed E-state index contributed by atoms with van der Waals surface area (Å²) in [6, 6.07) is 5.77. The maximum Gasteiger partial charge on any atom is 0.253 e. The van der Waals surface area contributed by atoms with Gasteiger partial charge in [-0.05, 0) is 18.2 Å². The molecule has 0 bridgehead atoms. The molecule has 0 saturated carbocycles. The lowest BCUT2D eigenvalue weighted by Crippen LogP contribution is -2.54. The van der Waals surface area contributed by atoms with Crippen LogP contribution in [0, 0.1) is 5.92 Å². The first-order valence-electron chi connectivity index (χ1n) is 8.21. The standard InChI is InChI=1S/C17H22N4O2/c1-19-12-18-15-8-14(2-3-16(15)19)17(22)21-10-13(11-21)9-20-4-6-23-7-5-20/h2-3,8,12-13H,4-7,9-11H2,1H3. The fourth-order valence-electron chi connectivity index (χ4n) is 3.45. The second-order valence-corrected chi connectivity index (χ2v) is 6.55. The lowest BCUT2D eigenvalue weighted by atomic mass is 9.98. The van der Waals surface area contributed by atoms with Crippen LogP contribution in [-0.4, -0.2) is 71.2 Å². The summed E-state index contributed by atoms with van der Waals surface area (Å²) in [6.45, 7) is 6.49. The Kier molecular flexibility index (Phi) is 3.79. The van der Waals surface area contributed by atoms with Crippen LogP contribution in [0.25, 0.3) is 11.0 Å². The van der Waals surface area contributed by atoms with Crippen molar-refractivity contribution in [3.63, 3.8) is 0 Å². The maximum atomic E-state index is 12.6. The van der Waals surface area contributed by atoms with Crippen molar-refractivity contribution in [3.05, 3.63) is 30.1 Å². The number of likely N-dealkylation sites (tertiary alicyclic amines) is 1. The quantitative estimate of drug-likeness (QED) is 0.847. The summed E-state index contributed by atoms with van der Waals surface area (Å²) in [5.41, 5.74) is 2.67. The van der Waals surface area contributed by atoms with Gasteiger partial charge in [0.25, 0.3) is 5.91 Å². The van der Waals surface area contributed by atoms with Gasteiger partial charge in [-0.3, -0.25) is 9.69 Å². The van der Waals surface area contributed by atoms with E-state index < -0.39 is 0 Å². The first-order valence-corrected chi connectivity index (χ1v) is 8.21. The Balaban J connectivity index is 1.36. The van der Waals surface area contributed by atoms with E-state index in [0.29, 0.717) is 5.92 Å². The smallest absolute Gasteiger partial charge is 0.253 e. The molecule has 122 valence electrons. The zero-order valence-electron chi connectivity index (χ0n) is 13.4. The van der Waals surface area contributed by atoms with Gasteiger partial charge in [0.05, 0.1) is 30.6 Å². The molecule has 0 radical (unpaired) electrons. The van der Waals surface area contributed by atoms with E-state index >= 15 is 0 Å². The molecule has 2 aliphatic heterocycles. The molecule has 0 unspecified atom stereocenters. The number of imidazole rings is 1. The Hall–Kier alpha value is -1.92. The summed E-state index contributed by atoms with van der Waals surface area (Å²) < 4.78 is 7.34. The Morgan fingerprint density at radius 1 is 1.30 bits per heavy atom. The molecule has 1 aromatic carbocycles. The van der Waals surface area contributed by atoms with Crippen molar-refractivity contribution >= 4 is 16.9 Å². The topological polar surface area (TPSA) is 50.6 Å². The molecule has 2 aliphatic rings. The van der Waals surface area contributed by atoms with Crippen molar-refractivity contribution in [2.45, 2.75) is 0 Å². The first kappa shape index (κ1) is 14.7. The fraction of sp³-hybridized carbons (Fsp3) is 0.529. The lowest BCUT2D eigenvalue weighted by molar-refractivity contribution is 0.00715. The molecule has 1 amide bonds. The van der Waals surface area contributed by atoms with Crippen LogP contribution in [-0.2, 0) is 11.8 Å². The van der Waals surface area contributed by atoms with Crippen LogP contribution in [0.3, 0.4) is 0 Å². The summed E-state index contributed by atoms with van der Waals surface area (Å²) in [4.78, 5) is 21.3. The first-order chi connectivity index (χ1) is 11.2. The fourth-order valence-corrected chi connectivity index (χ4v) is 3.45. The molecule has 6 heteroatoms. The Morgan fingerprint density at radius 2 is 2.09 bits per heavy atom. The predicted molar refractivity (Wildman–Crippen MR) is 87.4 cm³/mol. The highest BCUT2D eigenvalue weighted by Crippen LogP contribution is 2.22. The molecule has 4 rings (SSSR count). The van der Waals surface area contributed by atoms with Gasteiger partial charge in [-0.15, -0.1) is 0 Å². The number of rotatable bonds is 3. The zero-order valence-corrected chi connectivity index (χ0v) is 13.4. The number of hydrogen-bond donors (Lipinski definition) is 0. The van der Waals surface area contributed by atoms with E-state index in [0.717, 1.165) is 62.5 Å². The summed E-state index contributed by atoms with van der Waals surface area (Å²) in [7, 11) is 1.96. The molecular weight excluding hydrogens is 292 g/mol. The average Bonchev–Trinajstić information content (AvgIpc) is 2.92. The molecule has 0 spiro atoms. The summed E-state index contributed by atoms with van der Waals surface area (Å²) in [5, 5.41) is 0. The van der Waals surface area contributed by atoms with Crippen LogP contribution in [0.5, 0.6) is 0 Å². The van der Waals surface area contributed by atoms with E-state index in [1.807, 2.05) is 34.7 Å². The number of aromatic nitrogens is 2. The number of benzene rings is 1. The SMILES string of the molecule is Cn1cnc2cc(C(=O)N3CC(CN4CCOCC4)C3)ccc21. The van der Waals surface area contributed by atoms with E-state index in [4.69, 9.17) is 4.74 Å². The van der Waals surface area contributed by atoms with Crippen molar-refractivity contribution in [2.75, 3.05) is 45.9 Å². The van der Waals surface area contributed by atoms with Gasteiger partial charge in [0.15, 0.2) is 0 Å². The number of amides is 1. The van der Waals surface area contributed by atoms with Crippen LogP contribution in [0.4, 0.5) is 0 Å². The molecular formula is C17H22N4O2. The largest absolute Gasteiger partial charge is 0.379 e. The molecule has 23 heavy (non-hydrogen) atoms. The number of nitrogens with zero attached hydrogens (tertiary/aromatic N) is 4. The third-order valence-electron chi connectivity index (χ3n) is 4.84. The van der Waals surface area contributed by atoms with Gasteiger partial charge in [0, 0.05) is 51.3 Å². The van der Waals surface area contributed by atoms with E-state index in [-0.39, 0.29) is 5.91 Å². The van der Waals surface area contributed by atoms with Crippen LogP contribution in [0.2, 0.25) is 0 Å². The highest BCUT2D eigenvalue weighted by atomic mass is 16.5. The molecule has 2 saturated heterocycles. The monoisotopic (exact) mass is 314 g/mol. The highest BCUT2D eigenvalue weighted by Gasteiger charge is 2.32. The number of carbonyl (C=O) groups excluding carboxylic acids is 1. The van der Waals surface area contributed by atoms with E-state index in [2.05, 4.69) is 9.88 Å². The van der Waals surface area contributed by atoms with E-state index in [1.165, 1.54) is 0 Å². The van der Waals surface area contributed by atoms with Gasteiger partial charge >= 0.3 is 0 Å². The second kappa shape index (κ2) is 5.94. The Bertz CT molecular complexity index is 714. The summed E-state index contributed by atoms with van der Waals surface area (Å²) in [5.74, 6) is 0.714. The van der Waals surface area contributed by atoms with Crippen LogP contribution < -0.4 is 0 Å². The van der Waals surface area contributed by atoms with E-state index in [1.54, 1.807) is 6.33 Å². The highest BCUT2D eigenvalue weighted by molar-refractivity contribution is 5.97. The van der Waals surface area contributed by atoms with E-state index in [9.17, 15) is 4.79 Å². The Morgan fingerprint density at radius 3 is 2.87 bits per heavy atom. The third kappa shape index (κ3) is 2.84. The minimum Gasteiger partial charge on any atom is -0.379 e. The predicted octanol–water partition coefficient (Wildman–Crippen LogP) is 0.978. The molecule has 0 N–H and O–H groups in total. The average molecular weight is 314 g/mol. The van der Waals surface area contributed by atoms with Gasteiger partial charge in [-0.2, -0.15) is 0 Å². The number of morpholine rings is 1. The van der Waals surface area contributed by atoms with Crippen molar-refractivity contribution in [2.24, 2.45) is 13.0 Å². The number of fused-ring (bicyclic) bond motifs is 1. The van der Waals surface area contributed by atoms with Gasteiger partial charge in [0.1, 0.15) is 0 Å². The van der Waals surface area contributed by atoms with Crippen molar-refractivity contribution in [1.82, 2.24) is 19.4 Å². The van der Waals surface area contributed by atoms with Crippen molar-refractivity contribution in [1.29, 1.82) is 0 Å². The molecule has 2 aromatic rings. The zero-order chi connectivity index (χ0) is 15.8. The number of ether oxygens (including phenoxy) is 1. The lowest BCUT2D eigenvalue weighted by Gasteiger charge is -2.42. The molecule has 3 heterocycles. The van der Waals surface area contributed by atoms with Crippen molar-refractivity contribution in [3.8, 4) is 0 Å². The summed E-state index contributed by atoms with van der Waals surface area (Å²) in [6.07, 6.45) is 1.78. The second-order valence-electron chi connectivity index (χ2n) is 6.55. The Labute approximate surface area is 135 Å². The molecule has 6 nitrogen and oxygen atoms in total. The number of aryl methyl sites for hydroxylation is 1. The molecule has 0 atom stereocenters. The third-order valence-corrected chi connectivity index (χ3v) is 4.84. The van der Waals surface area contributed by atoms with Crippen LogP contribution in [0.15, 0.2) is 24.5 Å². The van der Waals surface area contributed by atoms with Gasteiger partial charge < -0.3 is 14.2 Å². The van der Waals surface area contributed by atoms with Crippen LogP contribution in [0.1, 0.15) is 10.4 Å². The van der Waals surface area contributed by atoms with Gasteiger partial charge in [0.2, 0.25) is 0 Å². The van der Waals surface area contributed by atoms with Crippen LogP contribution >= 0.6 is 0 Å². The minimum atomic E-state index is 0.121.